The molecule has 1 fully saturated rings. The quantitative estimate of drug-likeness (QED) is 0.817. The third-order valence-corrected chi connectivity index (χ3v) is 5.07. The lowest BCUT2D eigenvalue weighted by Crippen LogP contribution is -2.33. The first-order valence-corrected chi connectivity index (χ1v) is 8.78. The number of carbonyl (C=O) groups is 1. The highest BCUT2D eigenvalue weighted by Gasteiger charge is 2.23. The number of amides is 1. The Hall–Kier alpha value is -1.00. The van der Waals surface area contributed by atoms with Crippen LogP contribution in [-0.2, 0) is 4.79 Å². The van der Waals surface area contributed by atoms with Gasteiger partial charge in [-0.1, -0.05) is 19.1 Å². The maximum Gasteiger partial charge on any atom is 0.235 e. The zero-order valence-electron chi connectivity index (χ0n) is 13.3. The Morgan fingerprint density at radius 1 is 1.24 bits per heavy atom. The third-order valence-electron chi connectivity index (χ3n) is 3.97. The van der Waals surface area contributed by atoms with Crippen molar-refractivity contribution in [2.45, 2.75) is 49.8 Å². The number of carbonyl (C=O) groups excluding carboxylic acids is 1. The minimum absolute atomic E-state index is 0.000130. The standard InChI is InChI=1S/C17H26N2OS/c1-4-18-13(2)15-7-9-16(10-8-15)21-14(3)17(20)19-11-5-6-12-19/h7-10,13-14,18H,4-6,11-12H2,1-3H3. The zero-order chi connectivity index (χ0) is 15.2. The predicted molar refractivity (Wildman–Crippen MR) is 89.7 cm³/mol. The lowest BCUT2D eigenvalue weighted by molar-refractivity contribution is -0.129. The maximum atomic E-state index is 12.3. The summed E-state index contributed by atoms with van der Waals surface area (Å²) >= 11 is 1.66. The molecule has 4 heteroatoms. The van der Waals surface area contributed by atoms with E-state index in [2.05, 4.69) is 43.4 Å². The molecular weight excluding hydrogens is 280 g/mol. The second-order valence-electron chi connectivity index (χ2n) is 5.64. The number of hydrogen-bond donors (Lipinski definition) is 1. The third kappa shape index (κ3) is 4.48. The van der Waals surface area contributed by atoms with Crippen LogP contribution in [0.25, 0.3) is 0 Å². The highest BCUT2D eigenvalue weighted by molar-refractivity contribution is 8.00. The van der Waals surface area contributed by atoms with Crippen molar-refractivity contribution in [1.82, 2.24) is 10.2 Å². The van der Waals surface area contributed by atoms with E-state index in [1.165, 1.54) is 10.5 Å². The van der Waals surface area contributed by atoms with E-state index in [9.17, 15) is 4.79 Å². The van der Waals surface area contributed by atoms with Gasteiger partial charge in [0.15, 0.2) is 0 Å². The fourth-order valence-corrected chi connectivity index (χ4v) is 3.66. The normalized spacial score (nSPS) is 17.8. The summed E-state index contributed by atoms with van der Waals surface area (Å²) in [5.41, 5.74) is 1.29. The van der Waals surface area contributed by atoms with Crippen LogP contribution in [0.1, 0.15) is 45.2 Å². The minimum atomic E-state index is 0.000130. The van der Waals surface area contributed by atoms with Crippen LogP contribution in [0, 0.1) is 0 Å². The van der Waals surface area contributed by atoms with Crippen molar-refractivity contribution in [3.05, 3.63) is 29.8 Å². The number of hydrogen-bond acceptors (Lipinski definition) is 3. The van der Waals surface area contributed by atoms with E-state index in [0.29, 0.717) is 6.04 Å². The molecule has 0 saturated carbocycles. The Kier molecular flexibility index (Phi) is 6.12. The molecule has 0 aliphatic carbocycles. The molecule has 1 amide bonds. The summed E-state index contributed by atoms with van der Waals surface area (Å²) in [5.74, 6) is 0.280. The summed E-state index contributed by atoms with van der Waals surface area (Å²) in [6, 6.07) is 8.94. The topological polar surface area (TPSA) is 32.3 Å². The lowest BCUT2D eigenvalue weighted by atomic mass is 10.1. The van der Waals surface area contributed by atoms with Gasteiger partial charge in [0, 0.05) is 24.0 Å². The average Bonchev–Trinajstić information content (AvgIpc) is 3.01. The van der Waals surface area contributed by atoms with E-state index in [1.54, 1.807) is 11.8 Å². The van der Waals surface area contributed by atoms with E-state index in [-0.39, 0.29) is 11.2 Å². The van der Waals surface area contributed by atoms with Gasteiger partial charge < -0.3 is 10.2 Å². The van der Waals surface area contributed by atoms with Crippen molar-refractivity contribution in [3.63, 3.8) is 0 Å². The van der Waals surface area contributed by atoms with Crippen molar-refractivity contribution in [2.75, 3.05) is 19.6 Å². The van der Waals surface area contributed by atoms with Crippen molar-refractivity contribution < 1.29 is 4.79 Å². The van der Waals surface area contributed by atoms with Gasteiger partial charge in [-0.2, -0.15) is 0 Å². The van der Waals surface area contributed by atoms with Gasteiger partial charge in [-0.15, -0.1) is 11.8 Å². The smallest absolute Gasteiger partial charge is 0.235 e. The molecule has 1 N–H and O–H groups in total. The average molecular weight is 306 g/mol. The van der Waals surface area contributed by atoms with Crippen LogP contribution < -0.4 is 5.32 Å². The predicted octanol–water partition coefficient (Wildman–Crippen LogP) is 3.46. The van der Waals surface area contributed by atoms with Crippen LogP contribution in [0.4, 0.5) is 0 Å². The van der Waals surface area contributed by atoms with Crippen LogP contribution in [0.15, 0.2) is 29.2 Å². The molecule has 1 heterocycles. The molecule has 1 saturated heterocycles. The minimum Gasteiger partial charge on any atom is -0.342 e. The van der Waals surface area contributed by atoms with E-state index >= 15 is 0 Å². The van der Waals surface area contributed by atoms with Gasteiger partial charge in [0.2, 0.25) is 5.91 Å². The van der Waals surface area contributed by atoms with E-state index < -0.39 is 0 Å². The van der Waals surface area contributed by atoms with Crippen LogP contribution >= 0.6 is 11.8 Å². The number of nitrogens with zero attached hydrogens (tertiary/aromatic N) is 1. The maximum absolute atomic E-state index is 12.3. The Labute approximate surface area is 132 Å². The summed E-state index contributed by atoms with van der Waals surface area (Å²) in [7, 11) is 0. The molecule has 116 valence electrons. The number of benzene rings is 1. The van der Waals surface area contributed by atoms with Gasteiger partial charge in [0.05, 0.1) is 5.25 Å². The largest absolute Gasteiger partial charge is 0.342 e. The summed E-state index contributed by atoms with van der Waals surface area (Å²) < 4.78 is 0. The molecule has 1 aromatic rings. The summed E-state index contributed by atoms with van der Waals surface area (Å²) in [6.07, 6.45) is 2.31. The number of thioether (sulfide) groups is 1. The lowest BCUT2D eigenvalue weighted by Gasteiger charge is -2.20. The van der Waals surface area contributed by atoms with Crippen molar-refractivity contribution in [2.24, 2.45) is 0 Å². The first-order valence-electron chi connectivity index (χ1n) is 7.90. The number of nitrogens with one attached hydrogen (secondary N) is 1. The second kappa shape index (κ2) is 7.85. The van der Waals surface area contributed by atoms with Crippen molar-refractivity contribution >= 4 is 17.7 Å². The van der Waals surface area contributed by atoms with Crippen LogP contribution in [0.3, 0.4) is 0 Å². The molecule has 2 rings (SSSR count). The molecular formula is C17H26N2OS. The van der Waals surface area contributed by atoms with Crippen molar-refractivity contribution in [3.8, 4) is 0 Å². The molecule has 2 atom stereocenters. The molecule has 1 aliphatic rings. The highest BCUT2D eigenvalue weighted by Crippen LogP contribution is 2.27. The van der Waals surface area contributed by atoms with E-state index in [0.717, 1.165) is 32.5 Å². The molecule has 3 nitrogen and oxygen atoms in total. The molecule has 21 heavy (non-hydrogen) atoms. The first kappa shape index (κ1) is 16.4. The van der Waals surface area contributed by atoms with Crippen LogP contribution in [-0.4, -0.2) is 35.7 Å². The van der Waals surface area contributed by atoms with Gasteiger partial charge in [-0.25, -0.2) is 0 Å². The van der Waals surface area contributed by atoms with Gasteiger partial charge in [-0.05, 0) is 50.9 Å². The zero-order valence-corrected chi connectivity index (χ0v) is 14.1. The fraction of sp³-hybridized carbons (Fsp3) is 0.588. The first-order chi connectivity index (χ1) is 10.1. The molecule has 0 bridgehead atoms. The molecule has 2 unspecified atom stereocenters. The summed E-state index contributed by atoms with van der Waals surface area (Å²) in [6.45, 7) is 9.14. The van der Waals surface area contributed by atoms with Gasteiger partial charge >= 0.3 is 0 Å². The fourth-order valence-electron chi connectivity index (χ4n) is 2.71. The van der Waals surface area contributed by atoms with Crippen LogP contribution in [0.2, 0.25) is 0 Å². The Bertz CT molecular complexity index is 454. The highest BCUT2D eigenvalue weighted by atomic mass is 32.2. The number of rotatable bonds is 6. The summed E-state index contributed by atoms with van der Waals surface area (Å²) in [5, 5.41) is 3.41. The van der Waals surface area contributed by atoms with Gasteiger partial charge in [-0.3, -0.25) is 4.79 Å². The second-order valence-corrected chi connectivity index (χ2v) is 7.06. The molecule has 1 aromatic carbocycles. The van der Waals surface area contributed by atoms with Gasteiger partial charge in [0.25, 0.3) is 0 Å². The molecule has 1 aliphatic heterocycles. The monoisotopic (exact) mass is 306 g/mol. The Morgan fingerprint density at radius 2 is 1.86 bits per heavy atom. The molecule has 0 spiro atoms. The Balaban J connectivity index is 1.91. The SMILES string of the molecule is CCNC(C)c1ccc(SC(C)C(=O)N2CCCC2)cc1. The van der Waals surface area contributed by atoms with Gasteiger partial charge in [0.1, 0.15) is 0 Å². The van der Waals surface area contributed by atoms with E-state index in [4.69, 9.17) is 0 Å². The van der Waals surface area contributed by atoms with Crippen molar-refractivity contribution in [1.29, 1.82) is 0 Å². The molecule has 0 aromatic heterocycles. The van der Waals surface area contributed by atoms with Crippen LogP contribution in [0.5, 0.6) is 0 Å². The van der Waals surface area contributed by atoms with E-state index in [1.807, 2.05) is 11.8 Å². The number of likely N-dealkylation sites (tertiary alicyclic amines) is 1. The summed E-state index contributed by atoms with van der Waals surface area (Å²) in [4.78, 5) is 15.5. The molecule has 0 radical (unpaired) electrons. The Morgan fingerprint density at radius 3 is 2.43 bits per heavy atom.